The second kappa shape index (κ2) is 6.42. The van der Waals surface area contributed by atoms with E-state index in [1.165, 1.54) is 0 Å². The fraction of sp³-hybridized carbons (Fsp3) is 0.0526. The van der Waals surface area contributed by atoms with Crippen LogP contribution in [0, 0.1) is 0 Å². The molecule has 5 heteroatoms. The number of rotatable bonds is 4. The fourth-order valence-electron chi connectivity index (χ4n) is 2.38. The number of pyridine rings is 2. The summed E-state index contributed by atoms with van der Waals surface area (Å²) >= 11 is 0. The molecule has 0 saturated heterocycles. The van der Waals surface area contributed by atoms with E-state index < -0.39 is 0 Å². The Balaban J connectivity index is 1.47. The average Bonchev–Trinajstić information content (AvgIpc) is 2.67. The molecule has 0 bridgehead atoms. The summed E-state index contributed by atoms with van der Waals surface area (Å²) in [6, 6.07) is 18.0. The summed E-state index contributed by atoms with van der Waals surface area (Å²) in [4.78, 5) is 17.3. The standard InChI is InChI=1S/C19H14N4O/c1-2-7-18-14(5-1)8-9-16(23-18)13-24-19-21-11-15(12-22-19)17-6-3-4-10-20-17/h1-12H,13H2. The zero-order chi connectivity index (χ0) is 16.2. The maximum atomic E-state index is 5.63. The SMILES string of the molecule is c1ccc(-c2cnc(OCc3ccc4ccccc4n3)nc2)nc1. The number of fused-ring (bicyclic) bond motifs is 1. The van der Waals surface area contributed by atoms with Crippen molar-refractivity contribution in [3.05, 3.63) is 78.9 Å². The zero-order valence-corrected chi connectivity index (χ0v) is 12.8. The van der Waals surface area contributed by atoms with Gasteiger partial charge in [-0.05, 0) is 24.3 Å². The van der Waals surface area contributed by atoms with Gasteiger partial charge < -0.3 is 4.74 Å². The van der Waals surface area contributed by atoms with E-state index in [0.717, 1.165) is 27.9 Å². The van der Waals surface area contributed by atoms with E-state index in [0.29, 0.717) is 12.6 Å². The van der Waals surface area contributed by atoms with Crippen LogP contribution in [0.5, 0.6) is 6.01 Å². The molecule has 0 aliphatic heterocycles. The largest absolute Gasteiger partial charge is 0.457 e. The van der Waals surface area contributed by atoms with Crippen molar-refractivity contribution < 1.29 is 4.74 Å². The Morgan fingerprint density at radius 1 is 0.792 bits per heavy atom. The van der Waals surface area contributed by atoms with Gasteiger partial charge in [-0.15, -0.1) is 0 Å². The predicted octanol–water partition coefficient (Wildman–Crippen LogP) is 3.67. The van der Waals surface area contributed by atoms with Crippen molar-refractivity contribution in [1.82, 2.24) is 19.9 Å². The minimum Gasteiger partial charge on any atom is -0.457 e. The van der Waals surface area contributed by atoms with Gasteiger partial charge in [-0.1, -0.05) is 30.3 Å². The molecule has 116 valence electrons. The van der Waals surface area contributed by atoms with Crippen molar-refractivity contribution >= 4 is 10.9 Å². The lowest BCUT2D eigenvalue weighted by atomic mass is 10.2. The van der Waals surface area contributed by atoms with Crippen molar-refractivity contribution in [1.29, 1.82) is 0 Å². The highest BCUT2D eigenvalue weighted by molar-refractivity contribution is 5.78. The molecule has 0 radical (unpaired) electrons. The highest BCUT2D eigenvalue weighted by Crippen LogP contribution is 2.16. The molecule has 0 amide bonds. The molecule has 0 atom stereocenters. The van der Waals surface area contributed by atoms with Crippen LogP contribution in [0.15, 0.2) is 73.2 Å². The number of para-hydroxylation sites is 1. The van der Waals surface area contributed by atoms with Crippen molar-refractivity contribution in [3.63, 3.8) is 0 Å². The number of benzene rings is 1. The van der Waals surface area contributed by atoms with E-state index in [1.54, 1.807) is 18.6 Å². The van der Waals surface area contributed by atoms with E-state index in [4.69, 9.17) is 4.74 Å². The van der Waals surface area contributed by atoms with Gasteiger partial charge in [-0.25, -0.2) is 15.0 Å². The highest BCUT2D eigenvalue weighted by Gasteiger charge is 2.04. The third-order valence-corrected chi connectivity index (χ3v) is 3.59. The lowest BCUT2D eigenvalue weighted by Gasteiger charge is -2.06. The zero-order valence-electron chi connectivity index (χ0n) is 12.8. The van der Waals surface area contributed by atoms with Crippen LogP contribution in [0.25, 0.3) is 22.2 Å². The average molecular weight is 314 g/mol. The molecule has 0 unspecified atom stereocenters. The Labute approximate surface area is 139 Å². The van der Waals surface area contributed by atoms with Crippen LogP contribution in [0.3, 0.4) is 0 Å². The third-order valence-electron chi connectivity index (χ3n) is 3.59. The van der Waals surface area contributed by atoms with Crippen LogP contribution in [0.2, 0.25) is 0 Å². The minimum absolute atomic E-state index is 0.324. The van der Waals surface area contributed by atoms with Crippen LogP contribution in [0.1, 0.15) is 5.69 Å². The van der Waals surface area contributed by atoms with Crippen LogP contribution < -0.4 is 4.74 Å². The molecule has 0 N–H and O–H groups in total. The molecular formula is C19H14N4O. The number of hydrogen-bond acceptors (Lipinski definition) is 5. The third kappa shape index (κ3) is 3.05. The summed E-state index contributed by atoms with van der Waals surface area (Å²) in [7, 11) is 0. The van der Waals surface area contributed by atoms with Crippen LogP contribution in [0.4, 0.5) is 0 Å². The molecular weight excluding hydrogens is 300 g/mol. The number of ether oxygens (including phenoxy) is 1. The fourth-order valence-corrected chi connectivity index (χ4v) is 2.38. The Kier molecular flexibility index (Phi) is 3.81. The molecule has 0 spiro atoms. The van der Waals surface area contributed by atoms with Crippen LogP contribution in [-0.2, 0) is 6.61 Å². The van der Waals surface area contributed by atoms with Gasteiger partial charge in [0, 0.05) is 29.5 Å². The van der Waals surface area contributed by atoms with Crippen molar-refractivity contribution in [2.75, 3.05) is 0 Å². The second-order valence-corrected chi connectivity index (χ2v) is 5.25. The first-order valence-corrected chi connectivity index (χ1v) is 7.59. The molecule has 4 aromatic rings. The normalized spacial score (nSPS) is 10.7. The summed E-state index contributed by atoms with van der Waals surface area (Å²) in [5.74, 6) is 0. The topological polar surface area (TPSA) is 60.8 Å². The summed E-state index contributed by atoms with van der Waals surface area (Å²) < 4.78 is 5.63. The van der Waals surface area contributed by atoms with E-state index >= 15 is 0 Å². The van der Waals surface area contributed by atoms with Gasteiger partial charge in [0.2, 0.25) is 0 Å². The van der Waals surface area contributed by atoms with Gasteiger partial charge in [0.25, 0.3) is 0 Å². The summed E-state index contributed by atoms with van der Waals surface area (Å²) in [5, 5.41) is 1.11. The Morgan fingerprint density at radius 2 is 1.62 bits per heavy atom. The monoisotopic (exact) mass is 314 g/mol. The molecule has 0 saturated carbocycles. The first kappa shape index (κ1) is 14.3. The molecule has 4 rings (SSSR count). The van der Waals surface area contributed by atoms with Gasteiger partial charge in [-0.3, -0.25) is 4.98 Å². The van der Waals surface area contributed by atoms with Crippen LogP contribution >= 0.6 is 0 Å². The van der Waals surface area contributed by atoms with Gasteiger partial charge in [-0.2, -0.15) is 0 Å². The second-order valence-electron chi connectivity index (χ2n) is 5.25. The molecule has 0 aliphatic rings. The summed E-state index contributed by atoms with van der Waals surface area (Å²) in [5.41, 5.74) is 3.48. The molecule has 0 fully saturated rings. The maximum Gasteiger partial charge on any atom is 0.316 e. The summed E-state index contributed by atoms with van der Waals surface area (Å²) in [6.45, 7) is 0.327. The van der Waals surface area contributed by atoms with E-state index in [2.05, 4.69) is 19.9 Å². The Bertz CT molecular complexity index is 956. The number of nitrogens with zero attached hydrogens (tertiary/aromatic N) is 4. The van der Waals surface area contributed by atoms with Gasteiger partial charge >= 0.3 is 6.01 Å². The summed E-state index contributed by atoms with van der Waals surface area (Å²) in [6.07, 6.45) is 5.15. The van der Waals surface area contributed by atoms with E-state index in [9.17, 15) is 0 Å². The smallest absolute Gasteiger partial charge is 0.316 e. The quantitative estimate of drug-likeness (QED) is 0.575. The number of hydrogen-bond donors (Lipinski definition) is 0. The lowest BCUT2D eigenvalue weighted by Crippen LogP contribution is -2.01. The molecule has 24 heavy (non-hydrogen) atoms. The van der Waals surface area contributed by atoms with Crippen molar-refractivity contribution in [2.24, 2.45) is 0 Å². The first-order valence-electron chi connectivity index (χ1n) is 7.59. The van der Waals surface area contributed by atoms with E-state index in [-0.39, 0.29) is 0 Å². The Morgan fingerprint density at radius 3 is 2.46 bits per heavy atom. The van der Waals surface area contributed by atoms with Gasteiger partial charge in [0.1, 0.15) is 6.61 Å². The predicted molar refractivity (Wildman–Crippen MR) is 91.3 cm³/mol. The first-order chi connectivity index (χ1) is 11.9. The minimum atomic E-state index is 0.324. The van der Waals surface area contributed by atoms with Gasteiger partial charge in [0.05, 0.1) is 16.9 Å². The lowest BCUT2D eigenvalue weighted by molar-refractivity contribution is 0.277. The molecule has 5 nitrogen and oxygen atoms in total. The van der Waals surface area contributed by atoms with Crippen molar-refractivity contribution in [3.8, 4) is 17.3 Å². The van der Waals surface area contributed by atoms with Gasteiger partial charge in [0.15, 0.2) is 0 Å². The number of aromatic nitrogens is 4. The molecule has 1 aromatic carbocycles. The molecule has 3 aromatic heterocycles. The van der Waals surface area contributed by atoms with E-state index in [1.807, 2.05) is 54.6 Å². The van der Waals surface area contributed by atoms with Crippen LogP contribution in [-0.4, -0.2) is 19.9 Å². The molecule has 3 heterocycles. The molecule has 0 aliphatic carbocycles. The maximum absolute atomic E-state index is 5.63. The van der Waals surface area contributed by atoms with Crippen molar-refractivity contribution in [2.45, 2.75) is 6.61 Å². The Hall–Kier alpha value is -3.34. The highest BCUT2D eigenvalue weighted by atomic mass is 16.5.